The lowest BCUT2D eigenvalue weighted by Crippen LogP contribution is -2.21. The van der Waals surface area contributed by atoms with Crippen LogP contribution in [0.5, 0.6) is 0 Å². The quantitative estimate of drug-likeness (QED) is 0.484. The highest BCUT2D eigenvalue weighted by Crippen LogP contribution is 2.26. The Balaban J connectivity index is 1.73. The van der Waals surface area contributed by atoms with Gasteiger partial charge in [0.25, 0.3) is 5.91 Å². The molecular formula is C21H24FNO3S. The van der Waals surface area contributed by atoms with Crippen molar-refractivity contribution in [1.82, 2.24) is 0 Å². The molecule has 2 aromatic carbocycles. The van der Waals surface area contributed by atoms with Crippen LogP contribution >= 0.6 is 11.8 Å². The number of carbonyl (C=O) groups is 2. The first-order valence-electron chi connectivity index (χ1n) is 8.92. The molecule has 4 nitrogen and oxygen atoms in total. The summed E-state index contributed by atoms with van der Waals surface area (Å²) in [7, 11) is 0. The number of amides is 1. The summed E-state index contributed by atoms with van der Waals surface area (Å²) >= 11 is 1.43. The van der Waals surface area contributed by atoms with Crippen molar-refractivity contribution in [3.8, 4) is 0 Å². The van der Waals surface area contributed by atoms with Crippen LogP contribution in [0, 0.1) is 5.82 Å². The third kappa shape index (κ3) is 7.06. The Morgan fingerprint density at radius 2 is 1.85 bits per heavy atom. The predicted octanol–water partition coefficient (Wildman–Crippen LogP) is 5.00. The van der Waals surface area contributed by atoms with E-state index in [1.165, 1.54) is 23.9 Å². The number of esters is 1. The van der Waals surface area contributed by atoms with E-state index in [0.717, 1.165) is 22.6 Å². The van der Waals surface area contributed by atoms with Crippen molar-refractivity contribution < 1.29 is 18.7 Å². The molecule has 0 bridgehead atoms. The Morgan fingerprint density at radius 1 is 1.15 bits per heavy atom. The van der Waals surface area contributed by atoms with Crippen molar-refractivity contribution in [1.29, 1.82) is 0 Å². The van der Waals surface area contributed by atoms with Crippen molar-refractivity contribution in [2.45, 2.75) is 37.5 Å². The number of nitrogens with one attached hydrogen (secondary N) is 1. The molecule has 0 aliphatic carbocycles. The minimum Gasteiger partial charge on any atom is -0.456 e. The molecule has 0 heterocycles. The third-order valence-corrected chi connectivity index (χ3v) is 5.14. The van der Waals surface area contributed by atoms with Gasteiger partial charge in [0.1, 0.15) is 5.82 Å². The largest absolute Gasteiger partial charge is 0.456 e. The van der Waals surface area contributed by atoms with E-state index in [1.54, 1.807) is 12.1 Å². The molecule has 0 spiro atoms. The maximum atomic E-state index is 12.8. The fraction of sp³-hybridized carbons (Fsp3) is 0.333. The summed E-state index contributed by atoms with van der Waals surface area (Å²) in [5.41, 5.74) is 1.81. The molecular weight excluding hydrogens is 365 g/mol. The van der Waals surface area contributed by atoms with E-state index in [1.807, 2.05) is 24.3 Å². The number of carbonyl (C=O) groups excluding carboxylic acids is 2. The summed E-state index contributed by atoms with van der Waals surface area (Å²) in [5.74, 6) is -0.254. The number of hydrogen-bond donors (Lipinski definition) is 1. The zero-order valence-electron chi connectivity index (χ0n) is 15.5. The molecule has 0 unspecified atom stereocenters. The van der Waals surface area contributed by atoms with Crippen molar-refractivity contribution in [3.05, 3.63) is 59.9 Å². The number of halogens is 1. The number of rotatable bonds is 9. The lowest BCUT2D eigenvalue weighted by molar-refractivity contribution is -0.146. The maximum Gasteiger partial charge on any atom is 0.307 e. The fourth-order valence-corrected chi connectivity index (χ4v) is 3.28. The number of para-hydroxylation sites is 1. The number of hydrogen-bond acceptors (Lipinski definition) is 4. The molecule has 0 radical (unpaired) electrons. The van der Waals surface area contributed by atoms with Crippen LogP contribution in [0.3, 0.4) is 0 Å². The van der Waals surface area contributed by atoms with Crippen LogP contribution in [-0.2, 0) is 14.3 Å². The Bertz CT molecular complexity index is 764. The minimum atomic E-state index is -0.435. The van der Waals surface area contributed by atoms with Crippen LogP contribution in [-0.4, -0.2) is 24.2 Å². The predicted molar refractivity (Wildman–Crippen MR) is 106 cm³/mol. The van der Waals surface area contributed by atoms with E-state index in [4.69, 9.17) is 4.74 Å². The van der Waals surface area contributed by atoms with E-state index in [9.17, 15) is 14.0 Å². The highest BCUT2D eigenvalue weighted by Gasteiger charge is 2.12. The zero-order valence-corrected chi connectivity index (χ0v) is 16.4. The first kappa shape index (κ1) is 21.0. The van der Waals surface area contributed by atoms with E-state index in [0.29, 0.717) is 11.7 Å². The van der Waals surface area contributed by atoms with Crippen LogP contribution in [0.25, 0.3) is 0 Å². The van der Waals surface area contributed by atoms with E-state index < -0.39 is 5.97 Å². The van der Waals surface area contributed by atoms with Crippen LogP contribution in [0.1, 0.15) is 38.2 Å². The molecule has 1 amide bonds. The lowest BCUT2D eigenvalue weighted by atomic mass is 9.97. The van der Waals surface area contributed by atoms with E-state index in [-0.39, 0.29) is 24.8 Å². The van der Waals surface area contributed by atoms with Gasteiger partial charge in [-0.1, -0.05) is 32.0 Å². The number of benzene rings is 2. The molecule has 0 saturated carbocycles. The normalized spacial score (nSPS) is 11.7. The van der Waals surface area contributed by atoms with Gasteiger partial charge in [-0.3, -0.25) is 9.59 Å². The fourth-order valence-electron chi connectivity index (χ4n) is 2.45. The van der Waals surface area contributed by atoms with Gasteiger partial charge in [-0.15, -0.1) is 11.8 Å². The van der Waals surface area contributed by atoms with Crippen LogP contribution < -0.4 is 5.32 Å². The minimum absolute atomic E-state index is 0.179. The van der Waals surface area contributed by atoms with Crippen molar-refractivity contribution >= 4 is 29.3 Å². The first-order valence-corrected chi connectivity index (χ1v) is 9.91. The van der Waals surface area contributed by atoms with Crippen LogP contribution in [0.15, 0.2) is 53.4 Å². The molecule has 2 aromatic rings. The molecule has 0 aliphatic rings. The average molecular weight is 389 g/mol. The first-order chi connectivity index (χ1) is 13.0. The number of anilines is 1. The Hall–Kier alpha value is -2.34. The monoisotopic (exact) mass is 389 g/mol. The van der Waals surface area contributed by atoms with E-state index >= 15 is 0 Å². The Labute approximate surface area is 163 Å². The molecule has 0 fully saturated rings. The average Bonchev–Trinajstić information content (AvgIpc) is 2.68. The molecule has 144 valence electrons. The van der Waals surface area contributed by atoms with Gasteiger partial charge in [0, 0.05) is 16.3 Å². The van der Waals surface area contributed by atoms with Gasteiger partial charge in [0.2, 0.25) is 0 Å². The van der Waals surface area contributed by atoms with Gasteiger partial charge >= 0.3 is 5.97 Å². The topological polar surface area (TPSA) is 55.4 Å². The summed E-state index contributed by atoms with van der Waals surface area (Å²) in [6, 6.07) is 13.7. The van der Waals surface area contributed by atoms with Crippen molar-refractivity contribution in [2.75, 3.05) is 17.7 Å². The molecule has 6 heteroatoms. The molecule has 2 rings (SSSR count). The second-order valence-electron chi connectivity index (χ2n) is 6.16. The molecule has 0 aromatic heterocycles. The smallest absolute Gasteiger partial charge is 0.307 e. The molecule has 1 atom stereocenters. The Morgan fingerprint density at radius 3 is 2.56 bits per heavy atom. The zero-order chi connectivity index (χ0) is 19.6. The van der Waals surface area contributed by atoms with Crippen LogP contribution in [0.2, 0.25) is 0 Å². The number of thioether (sulfide) groups is 1. The van der Waals surface area contributed by atoms with Crippen molar-refractivity contribution in [2.24, 2.45) is 0 Å². The summed E-state index contributed by atoms with van der Waals surface area (Å²) in [6.07, 6.45) is 1.15. The molecule has 1 N–H and O–H groups in total. The summed E-state index contributed by atoms with van der Waals surface area (Å²) in [4.78, 5) is 24.7. The summed E-state index contributed by atoms with van der Waals surface area (Å²) < 4.78 is 17.9. The standard InChI is InChI=1S/C21H24FNO3S/c1-3-15(2)18-6-4-5-7-19(18)23-20(24)14-26-21(25)12-13-27-17-10-8-16(22)9-11-17/h4-11,15H,3,12-14H2,1-2H3,(H,23,24)/t15-/m0/s1. The van der Waals surface area contributed by atoms with E-state index in [2.05, 4.69) is 19.2 Å². The third-order valence-electron chi connectivity index (χ3n) is 4.13. The highest BCUT2D eigenvalue weighted by atomic mass is 32.2. The maximum absolute atomic E-state index is 12.8. The number of ether oxygens (including phenoxy) is 1. The Kier molecular flexibility index (Phi) is 8.33. The summed E-state index contributed by atoms with van der Waals surface area (Å²) in [5, 5.41) is 2.81. The van der Waals surface area contributed by atoms with Gasteiger partial charge < -0.3 is 10.1 Å². The second-order valence-corrected chi connectivity index (χ2v) is 7.33. The molecule has 27 heavy (non-hydrogen) atoms. The SMILES string of the molecule is CC[C@H](C)c1ccccc1NC(=O)COC(=O)CCSc1ccc(F)cc1. The lowest BCUT2D eigenvalue weighted by Gasteiger charge is -2.15. The van der Waals surface area contributed by atoms with Crippen molar-refractivity contribution in [3.63, 3.8) is 0 Å². The van der Waals surface area contributed by atoms with Crippen LogP contribution in [0.4, 0.5) is 10.1 Å². The van der Waals surface area contributed by atoms with Gasteiger partial charge in [0.05, 0.1) is 6.42 Å². The summed E-state index contributed by atoms with van der Waals surface area (Å²) in [6.45, 7) is 3.88. The molecule has 0 aliphatic heterocycles. The van der Waals surface area contributed by atoms with Gasteiger partial charge in [0.15, 0.2) is 6.61 Å². The van der Waals surface area contributed by atoms with Gasteiger partial charge in [-0.2, -0.15) is 0 Å². The second kappa shape index (κ2) is 10.7. The van der Waals surface area contributed by atoms with Gasteiger partial charge in [-0.05, 0) is 48.2 Å². The highest BCUT2D eigenvalue weighted by molar-refractivity contribution is 7.99. The molecule has 0 saturated heterocycles. The van der Waals surface area contributed by atoms with Gasteiger partial charge in [-0.25, -0.2) is 4.39 Å².